The van der Waals surface area contributed by atoms with Crippen molar-refractivity contribution in [1.82, 2.24) is 10.2 Å². The molecular formula is C22H21N5O4S. The van der Waals surface area contributed by atoms with E-state index in [0.717, 1.165) is 16.8 Å². The van der Waals surface area contributed by atoms with Crippen LogP contribution in [0.25, 0.3) is 0 Å². The molecule has 2 heterocycles. The first-order valence-corrected chi connectivity index (χ1v) is 10.8. The molecule has 0 aliphatic carbocycles. The van der Waals surface area contributed by atoms with Crippen molar-refractivity contribution in [2.75, 3.05) is 16.8 Å². The molecule has 1 atom stereocenters. The monoisotopic (exact) mass is 451 g/mol. The Bertz CT molecular complexity index is 1240. The van der Waals surface area contributed by atoms with Crippen molar-refractivity contribution < 1.29 is 14.5 Å². The number of hydrogen-bond acceptors (Lipinski definition) is 7. The van der Waals surface area contributed by atoms with Crippen LogP contribution in [-0.4, -0.2) is 33.5 Å². The number of aromatic nitrogens is 2. The molecule has 0 saturated carbocycles. The van der Waals surface area contributed by atoms with E-state index in [9.17, 15) is 19.7 Å². The van der Waals surface area contributed by atoms with Crippen LogP contribution in [0.3, 0.4) is 0 Å². The van der Waals surface area contributed by atoms with Crippen LogP contribution in [0.15, 0.2) is 36.4 Å². The zero-order valence-corrected chi connectivity index (χ0v) is 18.6. The summed E-state index contributed by atoms with van der Waals surface area (Å²) >= 11 is 1.17. The number of benzene rings is 2. The lowest BCUT2D eigenvalue weighted by molar-refractivity contribution is -0.385. The topological polar surface area (TPSA) is 118 Å². The van der Waals surface area contributed by atoms with Gasteiger partial charge in [0.2, 0.25) is 11.0 Å². The number of anilines is 2. The number of rotatable bonds is 5. The molecule has 0 radical (unpaired) electrons. The molecule has 1 N–H and O–H groups in total. The van der Waals surface area contributed by atoms with Gasteiger partial charge in [-0.25, -0.2) is 0 Å². The number of carbonyl (C=O) groups excluding carboxylic acids is 2. The van der Waals surface area contributed by atoms with Gasteiger partial charge in [0.25, 0.3) is 11.6 Å². The molecule has 1 aromatic heterocycles. The minimum absolute atomic E-state index is 0.00873. The van der Waals surface area contributed by atoms with Crippen LogP contribution >= 0.6 is 11.3 Å². The summed E-state index contributed by atoms with van der Waals surface area (Å²) < 4.78 is 0. The standard InChI is InChI=1S/C22H21N5O4S/c1-12-7-8-16(9-14(12)3)26-11-15(10-18(26)28)21-24-25-22(32-21)23-20(29)17-6-4-5-13(2)19(17)27(30)31/h4-9,15H,10-11H2,1-3H3,(H,23,25,29). The second kappa shape index (κ2) is 8.46. The zero-order chi connectivity index (χ0) is 23.0. The van der Waals surface area contributed by atoms with Gasteiger partial charge in [0.1, 0.15) is 10.6 Å². The zero-order valence-electron chi connectivity index (χ0n) is 17.8. The number of hydrogen-bond donors (Lipinski definition) is 1. The molecule has 1 saturated heterocycles. The predicted molar refractivity (Wildman–Crippen MR) is 121 cm³/mol. The van der Waals surface area contributed by atoms with Gasteiger partial charge in [0, 0.05) is 30.1 Å². The number of carbonyl (C=O) groups is 2. The Morgan fingerprint density at radius 2 is 1.94 bits per heavy atom. The maximum Gasteiger partial charge on any atom is 0.285 e. The summed E-state index contributed by atoms with van der Waals surface area (Å²) in [6.07, 6.45) is 0.304. The first-order valence-electron chi connectivity index (χ1n) is 10.0. The number of nitrogens with zero attached hydrogens (tertiary/aromatic N) is 4. The molecule has 9 nitrogen and oxygen atoms in total. The molecular weight excluding hydrogens is 430 g/mol. The van der Waals surface area contributed by atoms with Crippen molar-refractivity contribution in [3.05, 3.63) is 73.8 Å². The Labute approximate surface area is 188 Å². The molecule has 0 bridgehead atoms. The maximum atomic E-state index is 12.6. The van der Waals surface area contributed by atoms with Gasteiger partial charge in [-0.3, -0.25) is 25.0 Å². The van der Waals surface area contributed by atoms with Gasteiger partial charge in [-0.05, 0) is 50.1 Å². The third-order valence-electron chi connectivity index (χ3n) is 5.60. The fourth-order valence-corrected chi connectivity index (χ4v) is 4.54. The number of para-hydroxylation sites is 1. The number of amides is 2. The lowest BCUT2D eigenvalue weighted by Crippen LogP contribution is -2.24. The number of aryl methyl sites for hydroxylation is 3. The SMILES string of the molecule is Cc1ccc(N2CC(c3nnc(NC(=O)c4cccc(C)c4[N+](=O)[O-])s3)CC2=O)cc1C. The first kappa shape index (κ1) is 21.6. The first-order chi connectivity index (χ1) is 15.2. The van der Waals surface area contributed by atoms with E-state index in [4.69, 9.17) is 0 Å². The number of nitrogens with one attached hydrogen (secondary N) is 1. The second-order valence-electron chi connectivity index (χ2n) is 7.80. The Morgan fingerprint density at radius 3 is 2.66 bits per heavy atom. The van der Waals surface area contributed by atoms with Crippen LogP contribution in [0, 0.1) is 30.9 Å². The molecule has 1 fully saturated rings. The minimum Gasteiger partial charge on any atom is -0.312 e. The van der Waals surface area contributed by atoms with Crippen LogP contribution in [0.2, 0.25) is 0 Å². The quantitative estimate of drug-likeness (QED) is 0.460. The highest BCUT2D eigenvalue weighted by Gasteiger charge is 2.34. The highest BCUT2D eigenvalue weighted by molar-refractivity contribution is 7.15. The summed E-state index contributed by atoms with van der Waals surface area (Å²) in [6.45, 7) is 6.09. The van der Waals surface area contributed by atoms with Gasteiger partial charge in [-0.1, -0.05) is 29.5 Å². The molecule has 164 valence electrons. The van der Waals surface area contributed by atoms with E-state index in [-0.39, 0.29) is 28.2 Å². The van der Waals surface area contributed by atoms with Crippen molar-refractivity contribution in [3.8, 4) is 0 Å². The Hall–Kier alpha value is -3.66. The van der Waals surface area contributed by atoms with Crippen LogP contribution in [-0.2, 0) is 4.79 Å². The van der Waals surface area contributed by atoms with Gasteiger partial charge < -0.3 is 4.90 Å². The van der Waals surface area contributed by atoms with E-state index in [1.807, 2.05) is 32.0 Å². The van der Waals surface area contributed by atoms with Gasteiger partial charge >= 0.3 is 0 Å². The largest absolute Gasteiger partial charge is 0.312 e. The molecule has 4 rings (SSSR count). The fraction of sp³-hybridized carbons (Fsp3) is 0.273. The summed E-state index contributed by atoms with van der Waals surface area (Å²) in [4.78, 5) is 37.8. The molecule has 1 aliphatic rings. The third kappa shape index (κ3) is 4.09. The molecule has 2 aromatic carbocycles. The fourth-order valence-electron chi connectivity index (χ4n) is 3.72. The van der Waals surface area contributed by atoms with E-state index in [0.29, 0.717) is 23.5 Å². The normalized spacial score (nSPS) is 15.8. The molecule has 1 unspecified atom stereocenters. The van der Waals surface area contributed by atoms with E-state index in [2.05, 4.69) is 15.5 Å². The number of nitro benzene ring substituents is 1. The number of nitro groups is 1. The van der Waals surface area contributed by atoms with E-state index in [1.165, 1.54) is 17.4 Å². The highest BCUT2D eigenvalue weighted by atomic mass is 32.1. The second-order valence-corrected chi connectivity index (χ2v) is 8.81. The molecule has 32 heavy (non-hydrogen) atoms. The van der Waals surface area contributed by atoms with Crippen molar-refractivity contribution in [2.24, 2.45) is 0 Å². The maximum absolute atomic E-state index is 12.6. The smallest absolute Gasteiger partial charge is 0.285 e. The molecule has 10 heteroatoms. The molecule has 0 spiro atoms. The predicted octanol–water partition coefficient (Wildman–Crippen LogP) is 4.14. The van der Waals surface area contributed by atoms with E-state index < -0.39 is 10.8 Å². The average Bonchev–Trinajstić information content (AvgIpc) is 3.36. The van der Waals surface area contributed by atoms with Gasteiger partial charge in [-0.2, -0.15) is 0 Å². The van der Waals surface area contributed by atoms with Crippen LogP contribution in [0.1, 0.15) is 44.4 Å². The lowest BCUT2D eigenvalue weighted by atomic mass is 10.1. The van der Waals surface area contributed by atoms with Crippen LogP contribution in [0.5, 0.6) is 0 Å². The Balaban J connectivity index is 1.49. The highest BCUT2D eigenvalue weighted by Crippen LogP contribution is 2.35. The van der Waals surface area contributed by atoms with Gasteiger partial charge in [-0.15, -0.1) is 10.2 Å². The van der Waals surface area contributed by atoms with Crippen molar-refractivity contribution in [1.29, 1.82) is 0 Å². The Morgan fingerprint density at radius 1 is 1.16 bits per heavy atom. The van der Waals surface area contributed by atoms with Gasteiger partial charge in [0.05, 0.1) is 4.92 Å². The summed E-state index contributed by atoms with van der Waals surface area (Å²) in [7, 11) is 0. The van der Waals surface area contributed by atoms with Crippen molar-refractivity contribution in [3.63, 3.8) is 0 Å². The van der Waals surface area contributed by atoms with E-state index in [1.54, 1.807) is 24.0 Å². The molecule has 1 aliphatic heterocycles. The molecule has 3 aromatic rings. The van der Waals surface area contributed by atoms with Gasteiger partial charge in [0.15, 0.2) is 0 Å². The lowest BCUT2D eigenvalue weighted by Gasteiger charge is -2.17. The van der Waals surface area contributed by atoms with Crippen molar-refractivity contribution >= 4 is 39.7 Å². The Kier molecular flexibility index (Phi) is 5.70. The van der Waals surface area contributed by atoms with Crippen LogP contribution in [0.4, 0.5) is 16.5 Å². The molecule has 2 amide bonds. The van der Waals surface area contributed by atoms with E-state index >= 15 is 0 Å². The van der Waals surface area contributed by atoms with Crippen molar-refractivity contribution in [2.45, 2.75) is 33.1 Å². The van der Waals surface area contributed by atoms with Crippen LogP contribution < -0.4 is 10.2 Å². The minimum atomic E-state index is -0.623. The summed E-state index contributed by atoms with van der Waals surface area (Å²) in [6, 6.07) is 10.5. The summed E-state index contributed by atoms with van der Waals surface area (Å²) in [5.74, 6) is -0.752. The average molecular weight is 452 g/mol. The summed E-state index contributed by atoms with van der Waals surface area (Å²) in [5.41, 5.74) is 3.26. The summed E-state index contributed by atoms with van der Waals surface area (Å²) in [5, 5.41) is 23.0. The third-order valence-corrected chi connectivity index (χ3v) is 6.60.